The van der Waals surface area contributed by atoms with Crippen LogP contribution in [0, 0.1) is 5.92 Å². The number of carbonyl (C=O) groups is 1. The van der Waals surface area contributed by atoms with E-state index in [-0.39, 0.29) is 30.0 Å². The van der Waals surface area contributed by atoms with Gasteiger partial charge in [-0.2, -0.15) is 13.9 Å². The molecule has 4 nitrogen and oxygen atoms in total. The van der Waals surface area contributed by atoms with Gasteiger partial charge in [0.05, 0.1) is 0 Å². The standard InChI is InChI=1S/C18H18F2N2O2/c1-10(2)22-16-14(12-8-13(12)18(16,19)20)15(21-22)17(23)24-9-11-6-4-3-5-7-11/h3-7,10,12-13H,8-9H2,1-2H3/t12?,13-/m1/s1. The highest BCUT2D eigenvalue weighted by atomic mass is 19.3. The zero-order valence-electron chi connectivity index (χ0n) is 13.5. The van der Waals surface area contributed by atoms with Crippen LogP contribution in [0.25, 0.3) is 0 Å². The molecule has 0 N–H and O–H groups in total. The average Bonchev–Trinajstić information content (AvgIpc) is 3.20. The predicted molar refractivity (Wildman–Crippen MR) is 82.9 cm³/mol. The maximum atomic E-state index is 14.5. The summed E-state index contributed by atoms with van der Waals surface area (Å²) in [5.74, 6) is -4.48. The molecule has 1 fully saturated rings. The molecule has 4 rings (SSSR count). The number of fused-ring (bicyclic) bond motifs is 3. The minimum atomic E-state index is -2.91. The molecule has 1 unspecified atom stereocenters. The van der Waals surface area contributed by atoms with E-state index in [1.165, 1.54) is 4.68 Å². The number of carbonyl (C=O) groups excluding carboxylic acids is 1. The first-order valence-electron chi connectivity index (χ1n) is 8.13. The van der Waals surface area contributed by atoms with Crippen LogP contribution in [0.3, 0.4) is 0 Å². The molecular formula is C18H18F2N2O2. The summed E-state index contributed by atoms with van der Waals surface area (Å²) >= 11 is 0. The van der Waals surface area contributed by atoms with Crippen LogP contribution in [0.2, 0.25) is 0 Å². The zero-order chi connectivity index (χ0) is 17.1. The largest absolute Gasteiger partial charge is 0.456 e. The number of hydrogen-bond acceptors (Lipinski definition) is 3. The lowest BCUT2D eigenvalue weighted by atomic mass is 10.1. The monoisotopic (exact) mass is 332 g/mol. The zero-order valence-corrected chi connectivity index (χ0v) is 13.5. The van der Waals surface area contributed by atoms with Crippen molar-refractivity contribution in [1.82, 2.24) is 9.78 Å². The Kier molecular flexibility index (Phi) is 3.27. The molecule has 126 valence electrons. The Morgan fingerprint density at radius 1 is 1.38 bits per heavy atom. The Bertz CT molecular complexity index is 799. The SMILES string of the molecule is CC(C)n1nc(C(=O)OCc2ccccc2)c2c1C(F)(F)[C@@H]1CC21. The first-order chi connectivity index (χ1) is 11.4. The molecule has 2 aromatic rings. The second-order valence-electron chi connectivity index (χ2n) is 6.78. The maximum Gasteiger partial charge on any atom is 0.359 e. The Balaban J connectivity index is 1.65. The fraction of sp³-hybridized carbons (Fsp3) is 0.444. The molecule has 1 aromatic carbocycles. The molecule has 1 heterocycles. The second-order valence-corrected chi connectivity index (χ2v) is 6.78. The van der Waals surface area contributed by atoms with Gasteiger partial charge in [0.2, 0.25) is 0 Å². The first kappa shape index (κ1) is 15.3. The van der Waals surface area contributed by atoms with Crippen LogP contribution in [-0.4, -0.2) is 15.7 Å². The number of alkyl halides is 2. The number of rotatable bonds is 4. The third-order valence-electron chi connectivity index (χ3n) is 4.78. The van der Waals surface area contributed by atoms with Crippen molar-refractivity contribution in [3.05, 3.63) is 52.8 Å². The molecule has 0 bridgehead atoms. The normalized spacial score (nSPS) is 23.0. The van der Waals surface area contributed by atoms with Gasteiger partial charge in [0.1, 0.15) is 12.3 Å². The number of hydrogen-bond donors (Lipinski definition) is 0. The molecule has 6 heteroatoms. The second kappa shape index (κ2) is 5.13. The van der Waals surface area contributed by atoms with E-state index in [1.807, 2.05) is 30.3 Å². The molecule has 1 saturated carbocycles. The first-order valence-corrected chi connectivity index (χ1v) is 8.13. The fourth-order valence-corrected chi connectivity index (χ4v) is 3.54. The van der Waals surface area contributed by atoms with Crippen molar-refractivity contribution in [2.24, 2.45) is 5.92 Å². The van der Waals surface area contributed by atoms with Crippen LogP contribution in [0.5, 0.6) is 0 Å². The van der Waals surface area contributed by atoms with Gasteiger partial charge >= 0.3 is 5.97 Å². The average molecular weight is 332 g/mol. The van der Waals surface area contributed by atoms with Gasteiger partial charge in [0, 0.05) is 17.5 Å². The molecule has 0 aliphatic heterocycles. The molecule has 0 radical (unpaired) electrons. The van der Waals surface area contributed by atoms with E-state index in [2.05, 4.69) is 5.10 Å². The van der Waals surface area contributed by atoms with Gasteiger partial charge in [-0.05, 0) is 31.7 Å². The van der Waals surface area contributed by atoms with Gasteiger partial charge in [0.25, 0.3) is 5.92 Å². The van der Waals surface area contributed by atoms with Gasteiger partial charge in [-0.1, -0.05) is 30.3 Å². The third-order valence-corrected chi connectivity index (χ3v) is 4.78. The summed E-state index contributed by atoms with van der Waals surface area (Å²) in [5, 5.41) is 4.18. The van der Waals surface area contributed by atoms with Crippen LogP contribution >= 0.6 is 0 Å². The lowest BCUT2D eigenvalue weighted by Gasteiger charge is -2.17. The lowest BCUT2D eigenvalue weighted by Crippen LogP contribution is -2.21. The summed E-state index contributed by atoms with van der Waals surface area (Å²) < 4.78 is 35.6. The Morgan fingerprint density at radius 2 is 2.08 bits per heavy atom. The van der Waals surface area contributed by atoms with E-state index >= 15 is 0 Å². The van der Waals surface area contributed by atoms with E-state index in [0.29, 0.717) is 12.0 Å². The summed E-state index contributed by atoms with van der Waals surface area (Å²) in [5.41, 5.74) is 1.21. The number of esters is 1. The molecule has 2 atom stereocenters. The van der Waals surface area contributed by atoms with Gasteiger partial charge in [-0.3, -0.25) is 4.68 Å². The smallest absolute Gasteiger partial charge is 0.359 e. The van der Waals surface area contributed by atoms with E-state index in [4.69, 9.17) is 4.74 Å². The summed E-state index contributed by atoms with van der Waals surface area (Å²) in [6.45, 7) is 3.67. The van der Waals surface area contributed by atoms with E-state index in [0.717, 1.165) is 5.56 Å². The Hall–Kier alpha value is -2.24. The van der Waals surface area contributed by atoms with Crippen LogP contribution in [-0.2, 0) is 17.3 Å². The Labute approximate surface area is 138 Å². The van der Waals surface area contributed by atoms with E-state index in [1.54, 1.807) is 13.8 Å². The highest BCUT2D eigenvalue weighted by Gasteiger charge is 2.67. The van der Waals surface area contributed by atoms with Crippen molar-refractivity contribution < 1.29 is 18.3 Å². The summed E-state index contributed by atoms with van der Waals surface area (Å²) in [4.78, 5) is 12.4. The molecule has 2 aliphatic rings. The van der Waals surface area contributed by atoms with Crippen molar-refractivity contribution in [1.29, 1.82) is 0 Å². The highest BCUT2D eigenvalue weighted by molar-refractivity contribution is 5.90. The van der Waals surface area contributed by atoms with Crippen molar-refractivity contribution in [2.75, 3.05) is 0 Å². The third kappa shape index (κ3) is 2.16. The minimum absolute atomic E-state index is 0.0549. The summed E-state index contributed by atoms with van der Waals surface area (Å²) in [7, 11) is 0. The van der Waals surface area contributed by atoms with Gasteiger partial charge in [-0.25, -0.2) is 4.79 Å². The van der Waals surface area contributed by atoms with E-state index < -0.39 is 17.8 Å². The highest BCUT2D eigenvalue weighted by Crippen LogP contribution is 2.67. The fourth-order valence-electron chi connectivity index (χ4n) is 3.54. The Morgan fingerprint density at radius 3 is 2.75 bits per heavy atom. The van der Waals surface area contributed by atoms with Crippen molar-refractivity contribution in [2.45, 2.75) is 44.8 Å². The van der Waals surface area contributed by atoms with Crippen molar-refractivity contribution in [3.63, 3.8) is 0 Å². The number of ether oxygens (including phenoxy) is 1. The summed E-state index contributed by atoms with van der Waals surface area (Å²) in [6, 6.07) is 9.02. The molecular weight excluding hydrogens is 314 g/mol. The molecule has 0 saturated heterocycles. The van der Waals surface area contributed by atoms with Gasteiger partial charge < -0.3 is 4.74 Å². The van der Waals surface area contributed by atoms with Crippen molar-refractivity contribution >= 4 is 5.97 Å². The lowest BCUT2D eigenvalue weighted by molar-refractivity contribution is -0.0319. The molecule has 0 spiro atoms. The predicted octanol–water partition coefficient (Wildman–Crippen LogP) is 4.03. The number of benzene rings is 1. The van der Waals surface area contributed by atoms with Crippen LogP contribution in [0.1, 0.15) is 59.5 Å². The van der Waals surface area contributed by atoms with E-state index in [9.17, 15) is 13.6 Å². The minimum Gasteiger partial charge on any atom is -0.456 e. The van der Waals surface area contributed by atoms with Crippen molar-refractivity contribution in [3.8, 4) is 0 Å². The van der Waals surface area contributed by atoms with Crippen LogP contribution in [0.4, 0.5) is 8.78 Å². The maximum absolute atomic E-state index is 14.5. The number of halogens is 2. The van der Waals surface area contributed by atoms with Gasteiger partial charge in [-0.15, -0.1) is 0 Å². The molecule has 24 heavy (non-hydrogen) atoms. The number of nitrogens with zero attached hydrogens (tertiary/aromatic N) is 2. The number of aromatic nitrogens is 2. The van der Waals surface area contributed by atoms with Crippen LogP contribution < -0.4 is 0 Å². The molecule has 1 aromatic heterocycles. The summed E-state index contributed by atoms with van der Waals surface area (Å²) in [6.07, 6.45) is 0.419. The quantitative estimate of drug-likeness (QED) is 0.794. The van der Waals surface area contributed by atoms with Crippen LogP contribution in [0.15, 0.2) is 30.3 Å². The molecule has 2 aliphatic carbocycles. The molecule has 0 amide bonds. The van der Waals surface area contributed by atoms with Gasteiger partial charge in [0.15, 0.2) is 5.69 Å². The topological polar surface area (TPSA) is 44.1 Å².